The molecule has 1 aliphatic heterocycles. The van der Waals surface area contributed by atoms with Crippen LogP contribution in [0.1, 0.15) is 27.9 Å². The third kappa shape index (κ3) is 4.49. The average molecular weight is 390 g/mol. The first-order valence-electron chi connectivity index (χ1n) is 9.91. The highest BCUT2D eigenvalue weighted by molar-refractivity contribution is 5.91. The Labute approximate surface area is 170 Å². The number of fused-ring (bicyclic) bond motifs is 1. The Kier molecular flexibility index (Phi) is 5.62. The molecular formula is C23H26N4O2. The number of nitrogens with zero attached hydrogens (tertiary/aromatic N) is 2. The zero-order chi connectivity index (χ0) is 20.2. The molecule has 3 aromatic rings. The lowest BCUT2D eigenvalue weighted by molar-refractivity contribution is -0.118. The fourth-order valence-corrected chi connectivity index (χ4v) is 3.65. The van der Waals surface area contributed by atoms with Crippen molar-refractivity contribution in [1.29, 1.82) is 0 Å². The van der Waals surface area contributed by atoms with Gasteiger partial charge in [0.25, 0.3) is 5.91 Å². The van der Waals surface area contributed by atoms with Crippen LogP contribution >= 0.6 is 0 Å². The third-order valence-electron chi connectivity index (χ3n) is 5.43. The van der Waals surface area contributed by atoms with E-state index >= 15 is 0 Å². The highest BCUT2D eigenvalue weighted by atomic mass is 16.5. The minimum atomic E-state index is -0.202. The first kappa shape index (κ1) is 19.2. The second kappa shape index (κ2) is 8.49. The monoisotopic (exact) mass is 390 g/mol. The van der Waals surface area contributed by atoms with Crippen molar-refractivity contribution in [3.8, 4) is 5.75 Å². The molecule has 1 aliphatic rings. The van der Waals surface area contributed by atoms with Crippen molar-refractivity contribution in [3.05, 3.63) is 76.5 Å². The van der Waals surface area contributed by atoms with Gasteiger partial charge in [-0.2, -0.15) is 5.10 Å². The van der Waals surface area contributed by atoms with Gasteiger partial charge in [-0.05, 0) is 43.0 Å². The Morgan fingerprint density at radius 1 is 1.17 bits per heavy atom. The Balaban J connectivity index is 1.34. The van der Waals surface area contributed by atoms with Crippen molar-refractivity contribution in [2.75, 3.05) is 18.5 Å². The first-order valence-corrected chi connectivity index (χ1v) is 9.91. The van der Waals surface area contributed by atoms with E-state index in [1.807, 2.05) is 38.1 Å². The van der Waals surface area contributed by atoms with E-state index in [0.29, 0.717) is 5.82 Å². The van der Waals surface area contributed by atoms with Crippen LogP contribution in [0.4, 0.5) is 5.82 Å². The molecular weight excluding hydrogens is 364 g/mol. The topological polar surface area (TPSA) is 70.2 Å². The van der Waals surface area contributed by atoms with Crippen LogP contribution in [0.25, 0.3) is 0 Å². The summed E-state index contributed by atoms with van der Waals surface area (Å²) in [5.74, 6) is 1.15. The average Bonchev–Trinajstić information content (AvgIpc) is 3.12. The maximum atomic E-state index is 12.4. The largest absolute Gasteiger partial charge is 0.483 e. The molecule has 0 unspecified atom stereocenters. The second-order valence-electron chi connectivity index (χ2n) is 7.51. The van der Waals surface area contributed by atoms with Crippen LogP contribution < -0.4 is 10.1 Å². The number of aromatic amines is 1. The summed E-state index contributed by atoms with van der Waals surface area (Å²) in [5, 5.41) is 10.3. The summed E-state index contributed by atoms with van der Waals surface area (Å²) in [6.07, 6.45) is 0.853. The number of carbonyl (C=O) groups is 1. The number of aromatic nitrogens is 2. The first-order chi connectivity index (χ1) is 14.1. The van der Waals surface area contributed by atoms with Crippen molar-refractivity contribution in [1.82, 2.24) is 15.1 Å². The molecule has 0 saturated heterocycles. The molecule has 0 radical (unpaired) electrons. The van der Waals surface area contributed by atoms with Gasteiger partial charge >= 0.3 is 0 Å². The zero-order valence-corrected chi connectivity index (χ0v) is 16.9. The molecule has 2 N–H and O–H groups in total. The smallest absolute Gasteiger partial charge is 0.263 e. The van der Waals surface area contributed by atoms with Crippen molar-refractivity contribution < 1.29 is 9.53 Å². The highest BCUT2D eigenvalue weighted by Gasteiger charge is 2.23. The summed E-state index contributed by atoms with van der Waals surface area (Å²) < 4.78 is 5.70. The molecule has 0 aliphatic carbocycles. The molecule has 0 atom stereocenters. The molecule has 29 heavy (non-hydrogen) atoms. The lowest BCUT2D eigenvalue weighted by atomic mass is 10.1. The van der Waals surface area contributed by atoms with Gasteiger partial charge in [-0.25, -0.2) is 0 Å². The molecule has 1 amide bonds. The number of amides is 1. The molecule has 0 spiro atoms. The fourth-order valence-electron chi connectivity index (χ4n) is 3.65. The van der Waals surface area contributed by atoms with Gasteiger partial charge in [-0.3, -0.25) is 14.8 Å². The summed E-state index contributed by atoms with van der Waals surface area (Å²) >= 11 is 0. The zero-order valence-electron chi connectivity index (χ0n) is 16.9. The number of H-pyrrole nitrogens is 1. The third-order valence-corrected chi connectivity index (χ3v) is 5.43. The van der Waals surface area contributed by atoms with Crippen molar-refractivity contribution in [3.63, 3.8) is 0 Å². The van der Waals surface area contributed by atoms with Crippen molar-refractivity contribution in [2.45, 2.75) is 33.4 Å². The van der Waals surface area contributed by atoms with Gasteiger partial charge in [0.15, 0.2) is 12.4 Å². The molecule has 0 saturated carbocycles. The van der Waals surface area contributed by atoms with Crippen LogP contribution in [0.2, 0.25) is 0 Å². The minimum Gasteiger partial charge on any atom is -0.483 e. The Hall–Kier alpha value is -3.12. The van der Waals surface area contributed by atoms with E-state index in [1.165, 1.54) is 5.56 Å². The number of rotatable bonds is 6. The van der Waals surface area contributed by atoms with Crippen LogP contribution in [0.3, 0.4) is 0 Å². The standard InChI is InChI=1S/C23H26N4O2/c1-16-7-6-10-21(17(16)2)29-15-22(28)24-23-19-11-12-27(14-20(19)25-26-23)13-18-8-4-3-5-9-18/h3-10H,11-15H2,1-2H3,(H2,24,25,26,28). The highest BCUT2D eigenvalue weighted by Crippen LogP contribution is 2.25. The van der Waals surface area contributed by atoms with Gasteiger partial charge in [0.1, 0.15) is 5.75 Å². The number of benzene rings is 2. The van der Waals surface area contributed by atoms with E-state index in [9.17, 15) is 4.79 Å². The Morgan fingerprint density at radius 3 is 2.83 bits per heavy atom. The van der Waals surface area contributed by atoms with Crippen molar-refractivity contribution in [2.24, 2.45) is 0 Å². The van der Waals surface area contributed by atoms with E-state index in [2.05, 4.69) is 44.7 Å². The number of ether oxygens (including phenoxy) is 1. The lowest BCUT2D eigenvalue weighted by Crippen LogP contribution is -2.30. The molecule has 2 aromatic carbocycles. The molecule has 150 valence electrons. The number of anilines is 1. The summed E-state index contributed by atoms with van der Waals surface area (Å²) in [5.41, 5.74) is 5.65. The molecule has 2 heterocycles. The Morgan fingerprint density at radius 2 is 2.00 bits per heavy atom. The molecule has 1 aromatic heterocycles. The minimum absolute atomic E-state index is 0.0357. The van der Waals surface area contributed by atoms with Gasteiger partial charge in [0, 0.05) is 25.2 Å². The predicted octanol–water partition coefficient (Wildman–Crippen LogP) is 3.60. The van der Waals surface area contributed by atoms with Gasteiger partial charge < -0.3 is 10.1 Å². The normalized spacial score (nSPS) is 13.7. The quantitative estimate of drug-likeness (QED) is 0.675. The van der Waals surface area contributed by atoms with E-state index in [1.54, 1.807) is 0 Å². The van der Waals surface area contributed by atoms with Crippen LogP contribution in [-0.4, -0.2) is 34.2 Å². The summed E-state index contributed by atoms with van der Waals surface area (Å²) in [7, 11) is 0. The molecule has 6 nitrogen and oxygen atoms in total. The summed E-state index contributed by atoms with van der Waals surface area (Å²) in [6, 6.07) is 16.3. The van der Waals surface area contributed by atoms with Crippen molar-refractivity contribution >= 4 is 11.7 Å². The van der Waals surface area contributed by atoms with Gasteiger partial charge in [0.05, 0.1) is 5.69 Å². The van der Waals surface area contributed by atoms with Gasteiger partial charge in [-0.15, -0.1) is 0 Å². The van der Waals surface area contributed by atoms with Crippen LogP contribution in [-0.2, 0) is 24.3 Å². The van der Waals surface area contributed by atoms with Crippen LogP contribution in [0.15, 0.2) is 48.5 Å². The number of carbonyl (C=O) groups excluding carboxylic acids is 1. The van der Waals surface area contributed by atoms with Gasteiger partial charge in [-0.1, -0.05) is 42.5 Å². The van der Waals surface area contributed by atoms with Gasteiger partial charge in [0.2, 0.25) is 0 Å². The van der Waals surface area contributed by atoms with Crippen LogP contribution in [0, 0.1) is 13.8 Å². The second-order valence-corrected chi connectivity index (χ2v) is 7.51. The Bertz CT molecular complexity index is 997. The fraction of sp³-hybridized carbons (Fsp3) is 0.304. The number of hydrogen-bond acceptors (Lipinski definition) is 4. The number of hydrogen-bond donors (Lipinski definition) is 2. The molecule has 6 heteroatoms. The summed E-state index contributed by atoms with van der Waals surface area (Å²) in [6.45, 7) is 6.62. The number of aryl methyl sites for hydroxylation is 1. The number of nitrogens with one attached hydrogen (secondary N) is 2. The maximum absolute atomic E-state index is 12.4. The molecule has 0 fully saturated rings. The lowest BCUT2D eigenvalue weighted by Gasteiger charge is -2.26. The summed E-state index contributed by atoms with van der Waals surface area (Å²) in [4.78, 5) is 14.8. The van der Waals surface area contributed by atoms with E-state index in [0.717, 1.165) is 54.2 Å². The maximum Gasteiger partial charge on any atom is 0.263 e. The predicted molar refractivity (Wildman–Crippen MR) is 113 cm³/mol. The van der Waals surface area contributed by atoms with E-state index in [4.69, 9.17) is 4.74 Å². The molecule has 0 bridgehead atoms. The SMILES string of the molecule is Cc1cccc(OCC(=O)Nc2n[nH]c3c2CCN(Cc2ccccc2)C3)c1C. The van der Waals surface area contributed by atoms with Crippen LogP contribution in [0.5, 0.6) is 5.75 Å². The molecule has 4 rings (SSSR count). The van der Waals surface area contributed by atoms with E-state index < -0.39 is 0 Å². The van der Waals surface area contributed by atoms with E-state index in [-0.39, 0.29) is 12.5 Å².